The lowest BCUT2D eigenvalue weighted by molar-refractivity contribution is -0.113. The number of nitrogens with one attached hydrogen (secondary N) is 2. The molecule has 0 saturated heterocycles. The van der Waals surface area contributed by atoms with Crippen molar-refractivity contribution in [2.24, 2.45) is 0 Å². The number of para-hydroxylation sites is 3. The highest BCUT2D eigenvalue weighted by molar-refractivity contribution is 7.99. The summed E-state index contributed by atoms with van der Waals surface area (Å²) in [5.41, 5.74) is 3.41. The number of aromatic nitrogens is 6. The SMILES string of the molecule is O=C(CSc1nnnn1C1CC1)Nc1ccccc1-c1nc2ccccc2[nH]1. The van der Waals surface area contributed by atoms with Crippen LogP contribution in [0, 0.1) is 0 Å². The summed E-state index contributed by atoms with van der Waals surface area (Å²) in [6.45, 7) is 0. The molecule has 2 heterocycles. The first kappa shape index (κ1) is 16.9. The van der Waals surface area contributed by atoms with Gasteiger partial charge in [0.1, 0.15) is 5.82 Å². The zero-order chi connectivity index (χ0) is 18.9. The summed E-state index contributed by atoms with van der Waals surface area (Å²) in [6, 6.07) is 15.9. The van der Waals surface area contributed by atoms with Crippen LogP contribution in [0.1, 0.15) is 18.9 Å². The van der Waals surface area contributed by atoms with Gasteiger partial charge in [-0.05, 0) is 47.5 Å². The van der Waals surface area contributed by atoms with Crippen molar-refractivity contribution in [3.8, 4) is 11.4 Å². The Balaban J connectivity index is 1.32. The molecule has 1 aliphatic rings. The van der Waals surface area contributed by atoms with Crippen LogP contribution in [0.25, 0.3) is 22.4 Å². The van der Waals surface area contributed by atoms with Crippen molar-refractivity contribution >= 4 is 34.4 Å². The molecule has 1 saturated carbocycles. The molecule has 0 spiro atoms. The van der Waals surface area contributed by atoms with Gasteiger partial charge in [-0.1, -0.05) is 36.0 Å². The van der Waals surface area contributed by atoms with Gasteiger partial charge in [-0.3, -0.25) is 4.79 Å². The van der Waals surface area contributed by atoms with Gasteiger partial charge in [0.15, 0.2) is 0 Å². The largest absolute Gasteiger partial charge is 0.338 e. The molecular weight excluding hydrogens is 374 g/mol. The number of anilines is 1. The van der Waals surface area contributed by atoms with Crippen molar-refractivity contribution in [1.82, 2.24) is 30.2 Å². The number of carbonyl (C=O) groups excluding carboxylic acids is 1. The topological polar surface area (TPSA) is 101 Å². The molecule has 5 rings (SSSR count). The standard InChI is InChI=1S/C19H17N7OS/c27-17(11-28-19-23-24-25-26(19)12-9-10-12)20-14-6-2-1-5-13(14)18-21-15-7-3-4-8-16(15)22-18/h1-8,12H,9-11H2,(H,20,27)(H,21,22). The monoisotopic (exact) mass is 391 g/mol. The fourth-order valence-electron chi connectivity index (χ4n) is 3.02. The fraction of sp³-hybridized carbons (Fsp3) is 0.211. The molecule has 140 valence electrons. The molecule has 0 unspecified atom stereocenters. The molecule has 1 aliphatic carbocycles. The molecule has 2 N–H and O–H groups in total. The van der Waals surface area contributed by atoms with E-state index in [4.69, 9.17) is 0 Å². The van der Waals surface area contributed by atoms with Crippen LogP contribution in [-0.4, -0.2) is 41.8 Å². The van der Waals surface area contributed by atoms with Crippen LogP contribution < -0.4 is 5.32 Å². The van der Waals surface area contributed by atoms with Gasteiger partial charge in [0.2, 0.25) is 11.1 Å². The first-order valence-electron chi connectivity index (χ1n) is 9.02. The summed E-state index contributed by atoms with van der Waals surface area (Å²) in [6.07, 6.45) is 2.19. The summed E-state index contributed by atoms with van der Waals surface area (Å²) in [5, 5.41) is 15.4. The number of hydrogen-bond donors (Lipinski definition) is 2. The van der Waals surface area contributed by atoms with Crippen molar-refractivity contribution in [3.63, 3.8) is 0 Å². The Morgan fingerprint density at radius 1 is 1.18 bits per heavy atom. The number of hydrogen-bond acceptors (Lipinski definition) is 6. The minimum absolute atomic E-state index is 0.112. The van der Waals surface area contributed by atoms with Gasteiger partial charge in [-0.2, -0.15) is 0 Å². The second-order valence-corrected chi connectivity index (χ2v) is 7.56. The normalized spacial score (nSPS) is 13.7. The Labute approximate surface area is 164 Å². The second kappa shape index (κ2) is 7.08. The van der Waals surface area contributed by atoms with E-state index >= 15 is 0 Å². The molecule has 0 radical (unpaired) electrons. The fourth-order valence-corrected chi connectivity index (χ4v) is 3.77. The van der Waals surface area contributed by atoms with Crippen LogP contribution in [0.5, 0.6) is 0 Å². The van der Waals surface area contributed by atoms with Gasteiger partial charge in [0, 0.05) is 5.56 Å². The number of nitrogens with zero attached hydrogens (tertiary/aromatic N) is 5. The highest BCUT2D eigenvalue weighted by atomic mass is 32.2. The van der Waals surface area contributed by atoms with Crippen molar-refractivity contribution < 1.29 is 4.79 Å². The van der Waals surface area contributed by atoms with Crippen molar-refractivity contribution in [2.75, 3.05) is 11.1 Å². The molecule has 0 atom stereocenters. The van der Waals surface area contributed by atoms with Crippen LogP contribution in [-0.2, 0) is 4.79 Å². The van der Waals surface area contributed by atoms with Crippen molar-refractivity contribution in [1.29, 1.82) is 0 Å². The van der Waals surface area contributed by atoms with Crippen LogP contribution in [0.2, 0.25) is 0 Å². The summed E-state index contributed by atoms with van der Waals surface area (Å²) >= 11 is 1.35. The molecule has 0 bridgehead atoms. The minimum atomic E-state index is -0.112. The molecule has 2 aromatic heterocycles. The minimum Gasteiger partial charge on any atom is -0.338 e. The van der Waals surface area contributed by atoms with Crippen molar-refractivity contribution in [2.45, 2.75) is 24.0 Å². The van der Waals surface area contributed by atoms with E-state index in [1.165, 1.54) is 11.8 Å². The van der Waals surface area contributed by atoms with E-state index in [9.17, 15) is 4.79 Å². The number of benzene rings is 2. The smallest absolute Gasteiger partial charge is 0.234 e. The number of amides is 1. The lowest BCUT2D eigenvalue weighted by Crippen LogP contribution is -2.15. The summed E-state index contributed by atoms with van der Waals surface area (Å²) < 4.78 is 1.81. The quantitative estimate of drug-likeness (QED) is 0.489. The predicted octanol–water partition coefficient (Wildman–Crippen LogP) is 3.28. The van der Waals surface area contributed by atoms with E-state index in [-0.39, 0.29) is 11.7 Å². The number of imidazole rings is 1. The summed E-state index contributed by atoms with van der Waals surface area (Å²) in [4.78, 5) is 20.5. The first-order chi connectivity index (χ1) is 13.8. The zero-order valence-corrected chi connectivity index (χ0v) is 15.7. The maximum absolute atomic E-state index is 12.5. The Kier molecular flexibility index (Phi) is 4.28. The Morgan fingerprint density at radius 2 is 2.00 bits per heavy atom. The molecule has 28 heavy (non-hydrogen) atoms. The van der Waals surface area contributed by atoms with E-state index in [0.29, 0.717) is 16.9 Å². The highest BCUT2D eigenvalue weighted by Gasteiger charge is 2.28. The van der Waals surface area contributed by atoms with Gasteiger partial charge >= 0.3 is 0 Å². The van der Waals surface area contributed by atoms with Crippen LogP contribution in [0.3, 0.4) is 0 Å². The molecule has 0 aliphatic heterocycles. The van der Waals surface area contributed by atoms with Crippen LogP contribution in [0.4, 0.5) is 5.69 Å². The van der Waals surface area contributed by atoms with E-state index in [2.05, 4.69) is 30.8 Å². The second-order valence-electron chi connectivity index (χ2n) is 6.62. The number of carbonyl (C=O) groups is 1. The summed E-state index contributed by atoms with van der Waals surface area (Å²) in [5.74, 6) is 0.850. The van der Waals surface area contributed by atoms with Gasteiger partial charge in [0.05, 0.1) is 28.5 Å². The Hall–Kier alpha value is -3.20. The number of thioether (sulfide) groups is 1. The highest BCUT2D eigenvalue weighted by Crippen LogP contribution is 2.36. The molecule has 4 aromatic rings. The number of H-pyrrole nitrogens is 1. The number of fused-ring (bicyclic) bond motifs is 1. The van der Waals surface area contributed by atoms with E-state index in [0.717, 1.165) is 35.3 Å². The lowest BCUT2D eigenvalue weighted by atomic mass is 10.1. The van der Waals surface area contributed by atoms with E-state index in [1.54, 1.807) is 4.68 Å². The Morgan fingerprint density at radius 3 is 2.86 bits per heavy atom. The molecule has 1 amide bonds. The van der Waals surface area contributed by atoms with Gasteiger partial charge in [-0.15, -0.1) is 5.10 Å². The average molecular weight is 391 g/mol. The third-order valence-corrected chi connectivity index (χ3v) is 5.47. The van der Waals surface area contributed by atoms with Crippen LogP contribution in [0.15, 0.2) is 53.7 Å². The molecular formula is C19H17N7OS. The van der Waals surface area contributed by atoms with Crippen molar-refractivity contribution in [3.05, 3.63) is 48.5 Å². The maximum Gasteiger partial charge on any atom is 0.234 e. The average Bonchev–Trinajstić information content (AvgIpc) is 3.29. The molecule has 9 heteroatoms. The predicted molar refractivity (Wildman–Crippen MR) is 107 cm³/mol. The zero-order valence-electron chi connectivity index (χ0n) is 14.9. The van der Waals surface area contributed by atoms with E-state index in [1.807, 2.05) is 48.5 Å². The molecule has 2 aromatic carbocycles. The number of tetrazole rings is 1. The van der Waals surface area contributed by atoms with Gasteiger partial charge in [0.25, 0.3) is 0 Å². The third-order valence-electron chi connectivity index (χ3n) is 4.53. The summed E-state index contributed by atoms with van der Waals surface area (Å²) in [7, 11) is 0. The Bertz CT molecular complexity index is 1110. The number of rotatable bonds is 6. The lowest BCUT2D eigenvalue weighted by Gasteiger charge is -2.09. The van der Waals surface area contributed by atoms with Gasteiger partial charge < -0.3 is 10.3 Å². The first-order valence-corrected chi connectivity index (χ1v) is 10.0. The molecule has 1 fully saturated rings. The molecule has 8 nitrogen and oxygen atoms in total. The maximum atomic E-state index is 12.5. The van der Waals surface area contributed by atoms with E-state index < -0.39 is 0 Å². The van der Waals surface area contributed by atoms with Gasteiger partial charge in [-0.25, -0.2) is 9.67 Å². The van der Waals surface area contributed by atoms with Crippen LogP contribution >= 0.6 is 11.8 Å². The third kappa shape index (κ3) is 3.36. The number of aromatic amines is 1.